The van der Waals surface area contributed by atoms with E-state index in [1.165, 1.54) is 10.9 Å². The average molecular weight is 249 g/mol. The molecular weight excluding hydrogens is 234 g/mol. The number of aryl methyl sites for hydroxylation is 2. The number of hydrogen-bond acceptors (Lipinski definition) is 5. The molecule has 7 heteroatoms. The van der Waals surface area contributed by atoms with E-state index < -0.39 is 0 Å². The highest BCUT2D eigenvalue weighted by molar-refractivity contribution is 5.98. The average Bonchev–Trinajstić information content (AvgIpc) is 2.95. The number of anilines is 1. The quantitative estimate of drug-likeness (QED) is 0.821. The molecule has 0 fully saturated rings. The molecule has 2 rings (SSSR count). The third kappa shape index (κ3) is 2.34. The Kier molecular flexibility index (Phi) is 3.31. The molecule has 0 aliphatic rings. The largest absolute Gasteiger partial charge is 0.444 e. The van der Waals surface area contributed by atoms with Crippen molar-refractivity contribution in [3.63, 3.8) is 0 Å². The molecule has 0 spiro atoms. The molecule has 3 N–H and O–H groups in total. The van der Waals surface area contributed by atoms with Crippen molar-refractivity contribution in [3.8, 4) is 0 Å². The molecule has 0 atom stereocenters. The summed E-state index contributed by atoms with van der Waals surface area (Å²) in [5.74, 6) is 1.30. The molecule has 18 heavy (non-hydrogen) atoms. The lowest BCUT2D eigenvalue weighted by Crippen LogP contribution is -2.23. The molecule has 0 saturated heterocycles. The number of oxazole rings is 1. The maximum absolute atomic E-state index is 11.8. The van der Waals surface area contributed by atoms with Crippen molar-refractivity contribution in [1.29, 1.82) is 0 Å². The number of nitrogens with two attached hydrogens (primary N) is 1. The first kappa shape index (κ1) is 12.2. The zero-order valence-electron chi connectivity index (χ0n) is 10.3. The van der Waals surface area contributed by atoms with Gasteiger partial charge < -0.3 is 15.5 Å². The van der Waals surface area contributed by atoms with Crippen molar-refractivity contribution in [2.24, 2.45) is 7.05 Å². The van der Waals surface area contributed by atoms with E-state index >= 15 is 0 Å². The Labute approximate surface area is 104 Å². The van der Waals surface area contributed by atoms with E-state index in [0.717, 1.165) is 12.2 Å². The summed E-state index contributed by atoms with van der Waals surface area (Å²) in [5.41, 5.74) is 6.05. The summed E-state index contributed by atoms with van der Waals surface area (Å²) in [6, 6.07) is 0. The molecule has 0 unspecified atom stereocenters. The van der Waals surface area contributed by atoms with Gasteiger partial charge in [-0.15, -0.1) is 0 Å². The van der Waals surface area contributed by atoms with Crippen LogP contribution in [0.15, 0.2) is 16.8 Å². The van der Waals surface area contributed by atoms with Crippen LogP contribution in [0.3, 0.4) is 0 Å². The Morgan fingerprint density at radius 2 is 2.33 bits per heavy atom. The number of rotatable bonds is 4. The van der Waals surface area contributed by atoms with Crippen LogP contribution < -0.4 is 11.1 Å². The number of nitrogen functional groups attached to an aromatic ring is 1. The molecule has 2 aromatic rings. The summed E-state index contributed by atoms with van der Waals surface area (Å²) in [6.45, 7) is 2.20. The standard InChI is InChI=1S/C11H15N5O2/c1-3-7-4-13-9(18-7)6-14-11(17)8-5-15-16(2)10(8)12/h4-5H,3,6,12H2,1-2H3,(H,14,17). The highest BCUT2D eigenvalue weighted by atomic mass is 16.4. The lowest BCUT2D eigenvalue weighted by molar-refractivity contribution is 0.0948. The van der Waals surface area contributed by atoms with E-state index in [1.54, 1.807) is 13.2 Å². The minimum absolute atomic E-state index is 0.229. The topological polar surface area (TPSA) is 99.0 Å². The number of carbonyl (C=O) groups is 1. The number of hydrogen-bond donors (Lipinski definition) is 2. The Morgan fingerprint density at radius 1 is 1.56 bits per heavy atom. The summed E-state index contributed by atoms with van der Waals surface area (Å²) < 4.78 is 6.82. The molecule has 0 radical (unpaired) electrons. The van der Waals surface area contributed by atoms with Gasteiger partial charge in [0.2, 0.25) is 5.89 Å². The minimum Gasteiger partial charge on any atom is -0.444 e. The van der Waals surface area contributed by atoms with Crippen LogP contribution in [0.4, 0.5) is 5.82 Å². The number of nitrogens with zero attached hydrogens (tertiary/aromatic N) is 3. The van der Waals surface area contributed by atoms with Crippen LogP contribution in [-0.2, 0) is 20.0 Å². The van der Waals surface area contributed by atoms with E-state index in [0.29, 0.717) is 17.3 Å². The van der Waals surface area contributed by atoms with Gasteiger partial charge in [-0.1, -0.05) is 6.92 Å². The first-order chi connectivity index (χ1) is 8.61. The van der Waals surface area contributed by atoms with Crippen molar-refractivity contribution in [3.05, 3.63) is 29.6 Å². The van der Waals surface area contributed by atoms with E-state index in [1.807, 2.05) is 6.92 Å². The molecule has 0 bridgehead atoms. The third-order valence-corrected chi connectivity index (χ3v) is 2.58. The lowest BCUT2D eigenvalue weighted by atomic mass is 10.3. The van der Waals surface area contributed by atoms with Gasteiger partial charge in [-0.3, -0.25) is 9.48 Å². The number of aromatic nitrogens is 3. The maximum atomic E-state index is 11.8. The van der Waals surface area contributed by atoms with Crippen LogP contribution in [0.2, 0.25) is 0 Å². The van der Waals surface area contributed by atoms with Gasteiger partial charge >= 0.3 is 0 Å². The number of nitrogens with one attached hydrogen (secondary N) is 1. The summed E-state index contributed by atoms with van der Waals surface area (Å²) in [5, 5.41) is 6.58. The Balaban J connectivity index is 1.98. The molecule has 1 amide bonds. The van der Waals surface area contributed by atoms with Gasteiger partial charge in [0, 0.05) is 13.5 Å². The highest BCUT2D eigenvalue weighted by Crippen LogP contribution is 2.09. The number of amides is 1. The molecular formula is C11H15N5O2. The van der Waals surface area contributed by atoms with Gasteiger partial charge in [0.15, 0.2) is 0 Å². The van der Waals surface area contributed by atoms with Crippen molar-refractivity contribution in [2.45, 2.75) is 19.9 Å². The van der Waals surface area contributed by atoms with Gasteiger partial charge in [-0.2, -0.15) is 5.10 Å². The van der Waals surface area contributed by atoms with E-state index in [2.05, 4.69) is 15.4 Å². The van der Waals surface area contributed by atoms with Gasteiger partial charge in [-0.05, 0) is 0 Å². The van der Waals surface area contributed by atoms with Gasteiger partial charge in [0.1, 0.15) is 17.1 Å². The third-order valence-electron chi connectivity index (χ3n) is 2.58. The Hall–Kier alpha value is -2.31. The Morgan fingerprint density at radius 3 is 2.89 bits per heavy atom. The van der Waals surface area contributed by atoms with Crippen LogP contribution in [0.5, 0.6) is 0 Å². The number of carbonyl (C=O) groups excluding carboxylic acids is 1. The van der Waals surface area contributed by atoms with Crippen molar-refractivity contribution in [1.82, 2.24) is 20.1 Å². The summed E-state index contributed by atoms with van der Waals surface area (Å²) in [4.78, 5) is 15.9. The van der Waals surface area contributed by atoms with Crippen LogP contribution in [0.25, 0.3) is 0 Å². The second-order valence-electron chi connectivity index (χ2n) is 3.82. The predicted octanol–water partition coefficient (Wildman–Crippen LogP) is 0.483. The SMILES string of the molecule is CCc1cnc(CNC(=O)c2cnn(C)c2N)o1. The fraction of sp³-hybridized carbons (Fsp3) is 0.364. The first-order valence-electron chi connectivity index (χ1n) is 5.61. The zero-order valence-corrected chi connectivity index (χ0v) is 10.3. The van der Waals surface area contributed by atoms with Gasteiger partial charge in [0.25, 0.3) is 5.91 Å². The molecule has 96 valence electrons. The summed E-state index contributed by atoms with van der Waals surface area (Å²) in [7, 11) is 1.67. The predicted molar refractivity (Wildman–Crippen MR) is 64.7 cm³/mol. The van der Waals surface area contributed by atoms with Crippen LogP contribution in [0, 0.1) is 0 Å². The maximum Gasteiger partial charge on any atom is 0.257 e. The smallest absolute Gasteiger partial charge is 0.257 e. The van der Waals surface area contributed by atoms with Crippen molar-refractivity contribution < 1.29 is 9.21 Å². The zero-order chi connectivity index (χ0) is 13.1. The monoisotopic (exact) mass is 249 g/mol. The fourth-order valence-corrected chi connectivity index (χ4v) is 1.47. The van der Waals surface area contributed by atoms with Gasteiger partial charge in [0.05, 0.1) is 18.9 Å². The first-order valence-corrected chi connectivity index (χ1v) is 5.61. The minimum atomic E-state index is -0.295. The summed E-state index contributed by atoms with van der Waals surface area (Å²) >= 11 is 0. The normalized spacial score (nSPS) is 10.6. The van der Waals surface area contributed by atoms with Crippen LogP contribution >= 0.6 is 0 Å². The molecule has 2 aromatic heterocycles. The highest BCUT2D eigenvalue weighted by Gasteiger charge is 2.14. The van der Waals surface area contributed by atoms with Crippen LogP contribution in [-0.4, -0.2) is 20.7 Å². The van der Waals surface area contributed by atoms with E-state index in [-0.39, 0.29) is 12.5 Å². The molecule has 7 nitrogen and oxygen atoms in total. The van der Waals surface area contributed by atoms with Gasteiger partial charge in [-0.25, -0.2) is 4.98 Å². The lowest BCUT2D eigenvalue weighted by Gasteiger charge is -2.01. The second kappa shape index (κ2) is 4.91. The van der Waals surface area contributed by atoms with E-state index in [9.17, 15) is 4.79 Å². The molecule has 0 aliphatic carbocycles. The van der Waals surface area contributed by atoms with Crippen LogP contribution in [0.1, 0.15) is 28.9 Å². The fourth-order valence-electron chi connectivity index (χ4n) is 1.47. The molecule has 0 aliphatic heterocycles. The van der Waals surface area contributed by atoms with Crippen molar-refractivity contribution >= 4 is 11.7 Å². The van der Waals surface area contributed by atoms with E-state index in [4.69, 9.17) is 10.2 Å². The summed E-state index contributed by atoms with van der Waals surface area (Å²) in [6.07, 6.45) is 3.86. The van der Waals surface area contributed by atoms with Crippen molar-refractivity contribution in [2.75, 3.05) is 5.73 Å². The molecule has 0 aromatic carbocycles. The second-order valence-corrected chi connectivity index (χ2v) is 3.82. The molecule has 0 saturated carbocycles. The molecule has 2 heterocycles. The Bertz CT molecular complexity index is 558.